The van der Waals surface area contributed by atoms with Crippen LogP contribution in [-0.4, -0.2) is 21.0 Å². The van der Waals surface area contributed by atoms with Crippen molar-refractivity contribution in [3.8, 4) is 11.4 Å². The molecule has 2 aromatic rings. The standard InChI is InChI=1S/C13H13N3O2/c1-7-3-4-9(5-8(7)2)12-15-6-10(13(17)18)11(14)16-12/h3-6H,1-2H3,(H,17,18)(H2,14,15,16). The molecule has 0 saturated carbocycles. The van der Waals surface area contributed by atoms with Crippen molar-refractivity contribution in [3.05, 3.63) is 41.1 Å². The molecule has 0 fully saturated rings. The summed E-state index contributed by atoms with van der Waals surface area (Å²) in [6, 6.07) is 5.80. The Morgan fingerprint density at radius 1 is 1.28 bits per heavy atom. The van der Waals surface area contributed by atoms with E-state index in [-0.39, 0.29) is 11.4 Å². The van der Waals surface area contributed by atoms with Crippen molar-refractivity contribution in [1.82, 2.24) is 9.97 Å². The van der Waals surface area contributed by atoms with Crippen LogP contribution in [0, 0.1) is 13.8 Å². The molecule has 0 bridgehead atoms. The van der Waals surface area contributed by atoms with Crippen molar-refractivity contribution in [2.45, 2.75) is 13.8 Å². The van der Waals surface area contributed by atoms with Crippen LogP contribution in [0.25, 0.3) is 11.4 Å². The number of rotatable bonds is 2. The third-order valence-electron chi connectivity index (χ3n) is 2.81. The predicted molar refractivity (Wildman–Crippen MR) is 68.3 cm³/mol. The molecular formula is C13H13N3O2. The third kappa shape index (κ3) is 2.15. The minimum absolute atomic E-state index is 0.0225. The highest BCUT2D eigenvalue weighted by Crippen LogP contribution is 2.20. The second-order valence-electron chi connectivity index (χ2n) is 4.10. The van der Waals surface area contributed by atoms with E-state index in [2.05, 4.69) is 9.97 Å². The Morgan fingerprint density at radius 2 is 2.00 bits per heavy atom. The van der Waals surface area contributed by atoms with E-state index < -0.39 is 5.97 Å². The first kappa shape index (κ1) is 12.0. The van der Waals surface area contributed by atoms with Gasteiger partial charge in [0.15, 0.2) is 5.82 Å². The van der Waals surface area contributed by atoms with E-state index in [4.69, 9.17) is 10.8 Å². The largest absolute Gasteiger partial charge is 0.477 e. The van der Waals surface area contributed by atoms with Crippen molar-refractivity contribution < 1.29 is 9.90 Å². The van der Waals surface area contributed by atoms with Gasteiger partial charge >= 0.3 is 5.97 Å². The number of benzene rings is 1. The molecule has 0 amide bonds. The SMILES string of the molecule is Cc1ccc(-c2ncc(C(=O)O)c(N)n2)cc1C. The zero-order valence-corrected chi connectivity index (χ0v) is 10.1. The van der Waals surface area contributed by atoms with Crippen molar-refractivity contribution in [2.75, 3.05) is 5.73 Å². The van der Waals surface area contributed by atoms with Gasteiger partial charge < -0.3 is 10.8 Å². The Labute approximate surface area is 104 Å². The molecule has 0 spiro atoms. The number of aromatic nitrogens is 2. The summed E-state index contributed by atoms with van der Waals surface area (Å²) in [7, 11) is 0. The van der Waals surface area contributed by atoms with Crippen LogP contribution in [-0.2, 0) is 0 Å². The lowest BCUT2D eigenvalue weighted by molar-refractivity contribution is 0.0697. The maximum absolute atomic E-state index is 10.8. The number of anilines is 1. The van der Waals surface area contributed by atoms with Gasteiger partial charge in [0.1, 0.15) is 11.4 Å². The Kier molecular flexibility index (Phi) is 2.97. The van der Waals surface area contributed by atoms with Crippen LogP contribution >= 0.6 is 0 Å². The second kappa shape index (κ2) is 4.44. The summed E-state index contributed by atoms with van der Waals surface area (Å²) in [6.45, 7) is 4.01. The van der Waals surface area contributed by atoms with E-state index in [1.165, 1.54) is 11.8 Å². The van der Waals surface area contributed by atoms with Crippen molar-refractivity contribution in [3.63, 3.8) is 0 Å². The van der Waals surface area contributed by atoms with Crippen LogP contribution in [0.4, 0.5) is 5.82 Å². The van der Waals surface area contributed by atoms with Gasteiger partial charge in [-0.05, 0) is 31.0 Å². The molecule has 0 aliphatic rings. The van der Waals surface area contributed by atoms with Crippen molar-refractivity contribution >= 4 is 11.8 Å². The van der Waals surface area contributed by atoms with E-state index in [9.17, 15) is 4.79 Å². The zero-order chi connectivity index (χ0) is 13.3. The first-order chi connectivity index (χ1) is 8.49. The van der Waals surface area contributed by atoms with Crippen LogP contribution in [0.2, 0.25) is 0 Å². The lowest BCUT2D eigenvalue weighted by atomic mass is 10.1. The molecule has 0 atom stereocenters. The molecule has 0 saturated heterocycles. The van der Waals surface area contributed by atoms with Gasteiger partial charge in [-0.15, -0.1) is 0 Å². The molecule has 1 heterocycles. The molecule has 0 radical (unpaired) electrons. The highest BCUT2D eigenvalue weighted by molar-refractivity contribution is 5.92. The normalized spacial score (nSPS) is 10.3. The van der Waals surface area contributed by atoms with Gasteiger partial charge in [-0.2, -0.15) is 0 Å². The summed E-state index contributed by atoms with van der Waals surface area (Å²) < 4.78 is 0. The minimum Gasteiger partial charge on any atom is -0.477 e. The van der Waals surface area contributed by atoms with Gasteiger partial charge in [0.2, 0.25) is 0 Å². The quantitative estimate of drug-likeness (QED) is 0.842. The number of aryl methyl sites for hydroxylation is 2. The Hall–Kier alpha value is -2.43. The maximum atomic E-state index is 10.8. The smallest absolute Gasteiger partial charge is 0.341 e. The van der Waals surface area contributed by atoms with Gasteiger partial charge in [0, 0.05) is 11.8 Å². The molecule has 5 heteroatoms. The third-order valence-corrected chi connectivity index (χ3v) is 2.81. The number of carboxylic acids is 1. The van der Waals surface area contributed by atoms with Crippen LogP contribution < -0.4 is 5.73 Å². The number of nitrogen functional groups attached to an aromatic ring is 1. The highest BCUT2D eigenvalue weighted by Gasteiger charge is 2.11. The lowest BCUT2D eigenvalue weighted by Crippen LogP contribution is -2.06. The number of hydrogen-bond donors (Lipinski definition) is 2. The molecule has 0 aliphatic heterocycles. The molecule has 1 aromatic heterocycles. The molecule has 0 unspecified atom stereocenters. The summed E-state index contributed by atoms with van der Waals surface area (Å²) in [5, 5.41) is 8.85. The van der Waals surface area contributed by atoms with Crippen molar-refractivity contribution in [2.24, 2.45) is 0 Å². The number of carbonyl (C=O) groups is 1. The van der Waals surface area contributed by atoms with Crippen LogP contribution in [0.3, 0.4) is 0 Å². The molecule has 3 N–H and O–H groups in total. The summed E-state index contributed by atoms with van der Waals surface area (Å²) in [6.07, 6.45) is 1.23. The molecule has 1 aromatic carbocycles. The van der Waals surface area contributed by atoms with Crippen molar-refractivity contribution in [1.29, 1.82) is 0 Å². The Bertz CT molecular complexity index is 624. The fourth-order valence-corrected chi connectivity index (χ4v) is 1.58. The maximum Gasteiger partial charge on any atom is 0.341 e. The first-order valence-electron chi connectivity index (χ1n) is 5.42. The molecule has 2 rings (SSSR count). The Balaban J connectivity index is 2.48. The fourth-order valence-electron chi connectivity index (χ4n) is 1.58. The van der Waals surface area contributed by atoms with E-state index in [0.717, 1.165) is 11.1 Å². The van der Waals surface area contributed by atoms with Crippen LogP contribution in [0.1, 0.15) is 21.5 Å². The number of nitrogens with two attached hydrogens (primary N) is 1. The topological polar surface area (TPSA) is 89.1 Å². The van der Waals surface area contributed by atoms with E-state index in [1.807, 2.05) is 32.0 Å². The summed E-state index contributed by atoms with van der Waals surface area (Å²) in [4.78, 5) is 18.9. The average Bonchev–Trinajstić information content (AvgIpc) is 2.32. The van der Waals surface area contributed by atoms with E-state index in [1.54, 1.807) is 0 Å². The number of aromatic carboxylic acids is 1. The number of nitrogens with zero attached hydrogens (tertiary/aromatic N) is 2. The minimum atomic E-state index is -1.13. The van der Waals surface area contributed by atoms with E-state index in [0.29, 0.717) is 5.82 Å². The molecule has 5 nitrogen and oxygen atoms in total. The molecule has 0 aliphatic carbocycles. The second-order valence-corrected chi connectivity index (χ2v) is 4.10. The first-order valence-corrected chi connectivity index (χ1v) is 5.42. The van der Waals surface area contributed by atoms with Gasteiger partial charge in [0.25, 0.3) is 0 Å². The van der Waals surface area contributed by atoms with Crippen LogP contribution in [0.5, 0.6) is 0 Å². The van der Waals surface area contributed by atoms with Gasteiger partial charge in [-0.3, -0.25) is 0 Å². The molecular weight excluding hydrogens is 230 g/mol. The average molecular weight is 243 g/mol. The van der Waals surface area contributed by atoms with Gasteiger partial charge in [0.05, 0.1) is 0 Å². The van der Waals surface area contributed by atoms with Crippen LogP contribution in [0.15, 0.2) is 24.4 Å². The summed E-state index contributed by atoms with van der Waals surface area (Å²) >= 11 is 0. The Morgan fingerprint density at radius 3 is 2.56 bits per heavy atom. The lowest BCUT2D eigenvalue weighted by Gasteiger charge is -2.06. The molecule has 92 valence electrons. The zero-order valence-electron chi connectivity index (χ0n) is 10.1. The van der Waals surface area contributed by atoms with E-state index >= 15 is 0 Å². The van der Waals surface area contributed by atoms with Gasteiger partial charge in [-0.1, -0.05) is 12.1 Å². The number of hydrogen-bond acceptors (Lipinski definition) is 4. The number of carboxylic acid groups (broad SMARTS) is 1. The summed E-state index contributed by atoms with van der Waals surface area (Å²) in [5.41, 5.74) is 8.63. The molecule has 18 heavy (non-hydrogen) atoms. The fraction of sp³-hybridized carbons (Fsp3) is 0.154. The highest BCUT2D eigenvalue weighted by atomic mass is 16.4. The monoisotopic (exact) mass is 243 g/mol. The summed E-state index contributed by atoms with van der Waals surface area (Å²) in [5.74, 6) is -0.717. The predicted octanol–water partition coefficient (Wildman–Crippen LogP) is 2.04. The van der Waals surface area contributed by atoms with Gasteiger partial charge in [-0.25, -0.2) is 14.8 Å².